The Bertz CT molecular complexity index is 1110. The fourth-order valence-corrected chi connectivity index (χ4v) is 9.18. The number of ether oxygens (including phenoxy) is 6. The topological polar surface area (TPSA) is 163 Å². The van der Waals surface area contributed by atoms with Crippen molar-refractivity contribution in [3.63, 3.8) is 0 Å². The van der Waals surface area contributed by atoms with E-state index in [0.717, 1.165) is 17.6 Å². The van der Waals surface area contributed by atoms with Gasteiger partial charge in [0, 0.05) is 11.0 Å². The van der Waals surface area contributed by atoms with Crippen molar-refractivity contribution in [3.05, 3.63) is 11.1 Å². The van der Waals surface area contributed by atoms with Crippen molar-refractivity contribution in [1.29, 1.82) is 0 Å². The van der Waals surface area contributed by atoms with E-state index in [2.05, 4.69) is 20.8 Å². The van der Waals surface area contributed by atoms with Gasteiger partial charge in [-0.1, -0.05) is 20.8 Å². The van der Waals surface area contributed by atoms with Crippen LogP contribution in [0.3, 0.4) is 0 Å². The van der Waals surface area contributed by atoms with Gasteiger partial charge in [0.2, 0.25) is 0 Å². The molecule has 4 saturated heterocycles. The summed E-state index contributed by atoms with van der Waals surface area (Å²) in [5, 5.41) is 41.2. The first-order valence-electron chi connectivity index (χ1n) is 13.5. The molecular weight excluding hydrogens is 488 g/mol. The third-order valence-corrected chi connectivity index (χ3v) is 11.2. The highest BCUT2D eigenvalue weighted by molar-refractivity contribution is 5.92. The molecule has 2 saturated carbocycles. The van der Waals surface area contributed by atoms with E-state index >= 15 is 0 Å². The Morgan fingerprint density at radius 3 is 2.59 bits per heavy atom. The van der Waals surface area contributed by atoms with Gasteiger partial charge < -0.3 is 48.8 Å². The Hall–Kier alpha value is -1.15. The maximum atomic E-state index is 12.4. The molecule has 0 aromatic rings. The molecule has 8 rings (SSSR count). The molecule has 11 heteroatoms. The lowest BCUT2D eigenvalue weighted by Gasteiger charge is -2.54. The first-order chi connectivity index (χ1) is 17.6. The minimum absolute atomic E-state index is 0.0286. The van der Waals surface area contributed by atoms with Gasteiger partial charge in [-0.3, -0.25) is 0 Å². The van der Waals surface area contributed by atoms with Crippen molar-refractivity contribution in [2.24, 2.45) is 17.3 Å². The molecule has 0 aromatic heterocycles. The minimum atomic E-state index is -1.55. The van der Waals surface area contributed by atoms with Crippen LogP contribution in [0.4, 0.5) is 0 Å². The molecule has 0 aromatic carbocycles. The molecule has 2 spiro atoms. The van der Waals surface area contributed by atoms with Crippen molar-refractivity contribution in [2.45, 2.75) is 112 Å². The van der Waals surface area contributed by atoms with E-state index in [4.69, 9.17) is 28.4 Å². The van der Waals surface area contributed by atoms with E-state index in [1.54, 1.807) is 0 Å². The lowest BCUT2D eigenvalue weighted by atomic mass is 9.46. The molecule has 3 unspecified atom stereocenters. The van der Waals surface area contributed by atoms with Crippen molar-refractivity contribution < 1.29 is 53.6 Å². The summed E-state index contributed by atoms with van der Waals surface area (Å²) in [6, 6.07) is 0. The van der Waals surface area contributed by atoms with E-state index in [1.165, 1.54) is 0 Å². The molecule has 11 nitrogen and oxygen atoms in total. The van der Waals surface area contributed by atoms with E-state index in [0.29, 0.717) is 19.4 Å². The molecule has 0 bridgehead atoms. The summed E-state index contributed by atoms with van der Waals surface area (Å²) in [6.07, 6.45) is -6.18. The largest absolute Gasteiger partial charge is 0.458 e. The third-order valence-electron chi connectivity index (χ3n) is 11.2. The third kappa shape index (κ3) is 2.41. The zero-order valence-electron chi connectivity index (χ0n) is 21.0. The number of carbonyl (C=O) groups is 1. The Kier molecular flexibility index (Phi) is 4.45. The van der Waals surface area contributed by atoms with Crippen molar-refractivity contribution in [3.8, 4) is 0 Å². The Morgan fingerprint density at radius 1 is 1.08 bits per heavy atom. The molecule has 14 atom stereocenters. The number of carbonyl (C=O) groups excluding carboxylic acids is 1. The van der Waals surface area contributed by atoms with Gasteiger partial charge in [0.05, 0.1) is 12.7 Å². The Labute approximate surface area is 213 Å². The van der Waals surface area contributed by atoms with Crippen LogP contribution in [-0.2, 0) is 33.2 Å². The summed E-state index contributed by atoms with van der Waals surface area (Å²) in [5.41, 5.74) is -0.753. The van der Waals surface area contributed by atoms with Gasteiger partial charge in [-0.05, 0) is 36.7 Å². The van der Waals surface area contributed by atoms with Crippen LogP contribution in [0, 0.1) is 17.3 Å². The molecule has 204 valence electrons. The average molecular weight is 523 g/mol. The zero-order valence-corrected chi connectivity index (χ0v) is 21.0. The van der Waals surface area contributed by atoms with Gasteiger partial charge in [0.25, 0.3) is 0 Å². The molecule has 8 aliphatic rings. The molecule has 0 amide bonds. The summed E-state index contributed by atoms with van der Waals surface area (Å²) in [5.74, 6) is -0.111. The molecule has 6 fully saturated rings. The van der Waals surface area contributed by atoms with Crippen LogP contribution in [-0.4, -0.2) is 112 Å². The van der Waals surface area contributed by atoms with Crippen LogP contribution in [0.15, 0.2) is 11.1 Å². The van der Waals surface area contributed by atoms with Gasteiger partial charge >= 0.3 is 5.97 Å². The number of hydrogen-bond acceptors (Lipinski definition) is 11. The highest BCUT2D eigenvalue weighted by Crippen LogP contribution is 2.83. The summed E-state index contributed by atoms with van der Waals surface area (Å²) in [4.78, 5) is 12.4. The van der Waals surface area contributed by atoms with Crippen molar-refractivity contribution in [2.75, 3.05) is 13.2 Å². The van der Waals surface area contributed by atoms with E-state index in [1.807, 2.05) is 0 Å². The highest BCUT2D eigenvalue weighted by Gasteiger charge is 3.01. The predicted molar refractivity (Wildman–Crippen MR) is 120 cm³/mol. The summed E-state index contributed by atoms with van der Waals surface area (Å²) < 4.78 is 37.6. The molecular formula is C26H34O11. The number of hydrogen-bond donors (Lipinski definition) is 4. The van der Waals surface area contributed by atoms with E-state index in [-0.39, 0.29) is 41.5 Å². The molecule has 3 aliphatic carbocycles. The maximum absolute atomic E-state index is 12.4. The summed E-state index contributed by atoms with van der Waals surface area (Å²) in [7, 11) is 0. The fourth-order valence-electron chi connectivity index (χ4n) is 9.18. The molecule has 5 heterocycles. The number of esters is 1. The first kappa shape index (κ1) is 23.7. The van der Waals surface area contributed by atoms with E-state index < -0.39 is 60.2 Å². The van der Waals surface area contributed by atoms with E-state index in [9.17, 15) is 25.2 Å². The van der Waals surface area contributed by atoms with Gasteiger partial charge in [-0.15, -0.1) is 0 Å². The zero-order chi connectivity index (χ0) is 25.9. The smallest absolute Gasteiger partial charge is 0.334 e. The summed E-state index contributed by atoms with van der Waals surface area (Å²) in [6.45, 7) is 6.11. The van der Waals surface area contributed by atoms with Crippen molar-refractivity contribution in [1.82, 2.24) is 0 Å². The lowest BCUT2D eigenvalue weighted by Crippen LogP contribution is -2.71. The second-order valence-corrected chi connectivity index (χ2v) is 12.7. The first-order valence-corrected chi connectivity index (χ1v) is 13.5. The summed E-state index contributed by atoms with van der Waals surface area (Å²) >= 11 is 0. The number of epoxide rings is 3. The second kappa shape index (κ2) is 6.94. The number of rotatable bonds is 4. The van der Waals surface area contributed by atoms with Gasteiger partial charge in [-0.2, -0.15) is 0 Å². The molecule has 0 radical (unpaired) electrons. The highest BCUT2D eigenvalue weighted by atomic mass is 16.8. The standard InChI is InChI=1S/C26H34O11/c1-9(2)24-18(36-24)19-26(37-19)23(3)5-4-10-11(8-32-20(10)31)12(23)6-14-25(26,35-14)22(24)34-21-17(30)16(29)15(28)13(7-27)33-21/h9,12-19,21-22,27-30H,4-8H2,1-3H3/t12-,13?,14-,15-,16?,17?,18-,19-,21+,22+,23-,24-,25+,26+/m0/s1. The fraction of sp³-hybridized carbons (Fsp3) is 0.885. The Balaban J connectivity index is 1.20. The molecule has 37 heavy (non-hydrogen) atoms. The van der Waals surface area contributed by atoms with Crippen LogP contribution in [0.1, 0.15) is 40.0 Å². The van der Waals surface area contributed by atoms with Crippen LogP contribution in [0.25, 0.3) is 0 Å². The number of aliphatic hydroxyl groups is 4. The average Bonchev–Trinajstić information content (AvgIpc) is 3.77. The second-order valence-electron chi connectivity index (χ2n) is 12.7. The lowest BCUT2D eigenvalue weighted by molar-refractivity contribution is -0.325. The van der Waals surface area contributed by atoms with Crippen molar-refractivity contribution >= 4 is 5.97 Å². The monoisotopic (exact) mass is 522 g/mol. The van der Waals surface area contributed by atoms with Crippen LogP contribution >= 0.6 is 0 Å². The van der Waals surface area contributed by atoms with Gasteiger partial charge in [0.15, 0.2) is 11.9 Å². The molecule has 5 aliphatic heterocycles. The van der Waals surface area contributed by atoms with Gasteiger partial charge in [0.1, 0.15) is 60.5 Å². The predicted octanol–water partition coefficient (Wildman–Crippen LogP) is -1.07. The van der Waals surface area contributed by atoms with Gasteiger partial charge in [-0.25, -0.2) is 4.79 Å². The minimum Gasteiger partial charge on any atom is -0.458 e. The SMILES string of the molecule is CC(C)[C@]12O[C@H]1[C@@H]1O[C@]13[C@]1(O[C@H]1C[C@H]1C4=C(CC[C@@]13C)C(=O)OC4)[C@@H]2O[C@H]1OC(CO)[C@H](O)C(O)C1O. The van der Waals surface area contributed by atoms with Crippen LogP contribution < -0.4 is 0 Å². The Morgan fingerprint density at radius 2 is 1.86 bits per heavy atom. The van der Waals surface area contributed by atoms with Crippen LogP contribution in [0.5, 0.6) is 0 Å². The van der Waals surface area contributed by atoms with Crippen LogP contribution in [0.2, 0.25) is 0 Å². The normalized spacial score (nSPS) is 60.5. The molecule has 4 N–H and O–H groups in total. The number of fused-ring (bicyclic) bond motifs is 4. The number of cyclic esters (lactones) is 1. The quantitative estimate of drug-likeness (QED) is 0.263. The number of aliphatic hydroxyl groups excluding tert-OH is 4. The maximum Gasteiger partial charge on any atom is 0.334 e.